The van der Waals surface area contributed by atoms with E-state index in [0.717, 1.165) is 12.8 Å². The molecule has 86 valence electrons. The molecule has 6 nitrogen and oxygen atoms in total. The third-order valence-electron chi connectivity index (χ3n) is 2.59. The van der Waals surface area contributed by atoms with Crippen molar-refractivity contribution in [1.82, 2.24) is 15.5 Å². The lowest BCUT2D eigenvalue weighted by molar-refractivity contribution is -0.110. The lowest BCUT2D eigenvalue weighted by Crippen LogP contribution is -2.35. The lowest BCUT2D eigenvalue weighted by atomic mass is 10.1. The molecular formula is C10H13N3O3. The molecule has 1 saturated carbocycles. The van der Waals surface area contributed by atoms with E-state index >= 15 is 0 Å². The Kier molecular flexibility index (Phi) is 2.98. The highest BCUT2D eigenvalue weighted by molar-refractivity contribution is 5.97. The molecule has 1 aliphatic carbocycles. The zero-order valence-corrected chi connectivity index (χ0v) is 8.97. The number of amides is 1. The van der Waals surface area contributed by atoms with E-state index in [1.165, 1.54) is 0 Å². The predicted molar refractivity (Wildman–Crippen MR) is 53.9 cm³/mol. The van der Waals surface area contributed by atoms with Gasteiger partial charge in [-0.2, -0.15) is 4.98 Å². The summed E-state index contributed by atoms with van der Waals surface area (Å²) in [4.78, 5) is 26.1. The van der Waals surface area contributed by atoms with Crippen LogP contribution in [0.4, 0.5) is 0 Å². The highest BCUT2D eigenvalue weighted by atomic mass is 16.5. The second-order valence-electron chi connectivity index (χ2n) is 3.84. The van der Waals surface area contributed by atoms with Crippen LogP contribution in [0.3, 0.4) is 0 Å². The van der Waals surface area contributed by atoms with E-state index in [1.807, 2.05) is 0 Å². The van der Waals surface area contributed by atoms with Crippen LogP contribution in [-0.4, -0.2) is 28.4 Å². The third-order valence-corrected chi connectivity index (χ3v) is 2.59. The average molecular weight is 223 g/mol. The molecule has 1 unspecified atom stereocenters. The molecule has 16 heavy (non-hydrogen) atoms. The van der Waals surface area contributed by atoms with Crippen molar-refractivity contribution in [3.8, 4) is 0 Å². The Balaban J connectivity index is 2.08. The van der Waals surface area contributed by atoms with E-state index in [-0.39, 0.29) is 11.7 Å². The number of hydrogen-bond donors (Lipinski definition) is 1. The molecule has 0 bridgehead atoms. The normalized spacial score (nSPS) is 16.8. The maximum absolute atomic E-state index is 11.8. The highest BCUT2D eigenvalue weighted by Crippen LogP contribution is 2.38. The molecule has 1 atom stereocenters. The zero-order chi connectivity index (χ0) is 11.5. The fraction of sp³-hybridized carbons (Fsp3) is 0.600. The zero-order valence-electron chi connectivity index (χ0n) is 8.97. The van der Waals surface area contributed by atoms with E-state index in [0.29, 0.717) is 24.6 Å². The maximum Gasteiger partial charge on any atom is 0.296 e. The number of ketones is 1. The first kappa shape index (κ1) is 10.8. The van der Waals surface area contributed by atoms with Gasteiger partial charge in [-0.1, -0.05) is 12.1 Å². The quantitative estimate of drug-likeness (QED) is 0.565. The molecule has 0 radical (unpaired) electrons. The molecule has 0 saturated heterocycles. The van der Waals surface area contributed by atoms with Crippen LogP contribution in [0.1, 0.15) is 48.6 Å². The first-order valence-electron chi connectivity index (χ1n) is 5.33. The Morgan fingerprint density at radius 2 is 2.44 bits per heavy atom. The van der Waals surface area contributed by atoms with Gasteiger partial charge in [0.25, 0.3) is 5.89 Å². The van der Waals surface area contributed by atoms with E-state index in [2.05, 4.69) is 15.5 Å². The van der Waals surface area contributed by atoms with Crippen molar-refractivity contribution in [2.75, 3.05) is 0 Å². The molecule has 1 N–H and O–H groups in total. The topological polar surface area (TPSA) is 85.1 Å². The monoisotopic (exact) mass is 223 g/mol. The van der Waals surface area contributed by atoms with Gasteiger partial charge in [-0.15, -0.1) is 0 Å². The van der Waals surface area contributed by atoms with Gasteiger partial charge in [-0.25, -0.2) is 0 Å². The minimum absolute atomic E-state index is 0.0110. The van der Waals surface area contributed by atoms with Crippen molar-refractivity contribution in [3.05, 3.63) is 11.7 Å². The summed E-state index contributed by atoms with van der Waals surface area (Å²) < 4.78 is 4.89. The van der Waals surface area contributed by atoms with Gasteiger partial charge in [0, 0.05) is 5.92 Å². The van der Waals surface area contributed by atoms with Crippen molar-refractivity contribution in [2.45, 2.75) is 38.1 Å². The summed E-state index contributed by atoms with van der Waals surface area (Å²) in [5.41, 5.74) is 0. The summed E-state index contributed by atoms with van der Waals surface area (Å²) in [7, 11) is 0. The summed E-state index contributed by atoms with van der Waals surface area (Å²) in [6.07, 6.45) is 3.11. The number of aromatic nitrogens is 2. The summed E-state index contributed by atoms with van der Waals surface area (Å²) in [6, 6.07) is -0.579. The molecule has 6 heteroatoms. The summed E-state index contributed by atoms with van der Waals surface area (Å²) in [6.45, 7) is 1.80. The van der Waals surface area contributed by atoms with Gasteiger partial charge in [0.2, 0.25) is 12.2 Å². The van der Waals surface area contributed by atoms with Crippen LogP contribution in [0, 0.1) is 0 Å². The van der Waals surface area contributed by atoms with Gasteiger partial charge >= 0.3 is 0 Å². The second-order valence-corrected chi connectivity index (χ2v) is 3.84. The number of Topliss-reactive ketones (excluding diaryl/α,β-unsaturated/α-hetero) is 1. The Bertz CT molecular complexity index is 398. The van der Waals surface area contributed by atoms with Crippen LogP contribution in [-0.2, 0) is 4.79 Å². The van der Waals surface area contributed by atoms with Crippen LogP contribution in [0.25, 0.3) is 0 Å². The third kappa shape index (κ3) is 2.10. The van der Waals surface area contributed by atoms with E-state index in [1.54, 1.807) is 6.92 Å². The number of nitrogens with zero attached hydrogens (tertiary/aromatic N) is 2. The first-order chi connectivity index (χ1) is 7.76. The van der Waals surface area contributed by atoms with Crippen molar-refractivity contribution in [2.24, 2.45) is 0 Å². The molecule has 2 rings (SSSR count). The molecule has 0 aliphatic heterocycles. The van der Waals surface area contributed by atoms with E-state index in [9.17, 15) is 9.59 Å². The number of nitrogens with one attached hydrogen (secondary N) is 1. The van der Waals surface area contributed by atoms with Gasteiger partial charge in [0.15, 0.2) is 5.82 Å². The average Bonchev–Trinajstić information content (AvgIpc) is 3.03. The number of carbonyl (C=O) groups excluding carboxylic acids is 2. The number of carbonyl (C=O) groups is 2. The molecular weight excluding hydrogens is 210 g/mol. The van der Waals surface area contributed by atoms with Gasteiger partial charge in [0.1, 0.15) is 0 Å². The molecule has 0 aromatic carbocycles. The Hall–Kier alpha value is -1.72. The molecule has 1 amide bonds. The van der Waals surface area contributed by atoms with Gasteiger partial charge in [0.05, 0.1) is 6.04 Å². The fourth-order valence-electron chi connectivity index (χ4n) is 1.45. The van der Waals surface area contributed by atoms with Gasteiger partial charge in [-0.05, 0) is 19.3 Å². The molecule has 1 aromatic rings. The molecule has 0 spiro atoms. The molecule has 1 aliphatic rings. The predicted octanol–water partition coefficient (Wildman–Crippen LogP) is 0.654. The summed E-state index contributed by atoms with van der Waals surface area (Å²) in [5.74, 6) is 0.616. The van der Waals surface area contributed by atoms with E-state index in [4.69, 9.17) is 4.52 Å². The standard InChI is InChI=1S/C10H13N3O3/c1-2-7(11-5-14)8(15)10-12-9(13-16-10)6-3-4-6/h5-7H,2-4H2,1H3,(H,11,14). The van der Waals surface area contributed by atoms with Crippen molar-refractivity contribution in [3.63, 3.8) is 0 Å². The van der Waals surface area contributed by atoms with Crippen LogP contribution in [0.15, 0.2) is 4.52 Å². The SMILES string of the molecule is CCC(NC=O)C(=O)c1nc(C2CC2)no1. The Morgan fingerprint density at radius 1 is 1.69 bits per heavy atom. The molecule has 1 aromatic heterocycles. The van der Waals surface area contributed by atoms with Crippen LogP contribution in [0.2, 0.25) is 0 Å². The van der Waals surface area contributed by atoms with Crippen LogP contribution in [0.5, 0.6) is 0 Å². The summed E-state index contributed by atoms with van der Waals surface area (Å²) in [5, 5.41) is 6.18. The maximum atomic E-state index is 11.8. The largest absolute Gasteiger partial charge is 0.348 e. The molecule has 1 heterocycles. The van der Waals surface area contributed by atoms with Gasteiger partial charge < -0.3 is 9.84 Å². The van der Waals surface area contributed by atoms with Crippen LogP contribution < -0.4 is 5.32 Å². The minimum atomic E-state index is -0.579. The van der Waals surface area contributed by atoms with Gasteiger partial charge in [-0.3, -0.25) is 9.59 Å². The van der Waals surface area contributed by atoms with E-state index < -0.39 is 6.04 Å². The lowest BCUT2D eigenvalue weighted by Gasteiger charge is -2.08. The first-order valence-corrected chi connectivity index (χ1v) is 5.33. The Morgan fingerprint density at radius 3 is 3.00 bits per heavy atom. The van der Waals surface area contributed by atoms with Crippen molar-refractivity contribution >= 4 is 12.2 Å². The smallest absolute Gasteiger partial charge is 0.296 e. The highest BCUT2D eigenvalue weighted by Gasteiger charge is 2.31. The van der Waals surface area contributed by atoms with Crippen molar-refractivity contribution < 1.29 is 14.1 Å². The molecule has 1 fully saturated rings. The fourth-order valence-corrected chi connectivity index (χ4v) is 1.45. The minimum Gasteiger partial charge on any atom is -0.348 e. The Labute approximate surface area is 92.4 Å². The van der Waals surface area contributed by atoms with Crippen LogP contribution >= 0.6 is 0 Å². The number of rotatable bonds is 6. The second kappa shape index (κ2) is 4.42. The number of hydrogen-bond acceptors (Lipinski definition) is 5. The summed E-state index contributed by atoms with van der Waals surface area (Å²) >= 11 is 0. The van der Waals surface area contributed by atoms with Crippen molar-refractivity contribution in [1.29, 1.82) is 0 Å².